The molecule has 19 heavy (non-hydrogen) atoms. The molecule has 0 aliphatic heterocycles. The van der Waals surface area contributed by atoms with E-state index in [2.05, 4.69) is 10.3 Å². The molecule has 1 aromatic heterocycles. The summed E-state index contributed by atoms with van der Waals surface area (Å²) in [5.41, 5.74) is 6.04. The summed E-state index contributed by atoms with van der Waals surface area (Å²) in [4.78, 5) is 28.2. The van der Waals surface area contributed by atoms with Crippen LogP contribution in [0.4, 0.5) is 11.5 Å². The number of nitrogens with one attached hydrogen (secondary N) is 1. The van der Waals surface area contributed by atoms with Crippen LogP contribution in [0, 0.1) is 0 Å². The predicted molar refractivity (Wildman–Crippen MR) is 77.1 cm³/mol. The molecule has 0 aliphatic carbocycles. The minimum absolute atomic E-state index is 0. The van der Waals surface area contributed by atoms with E-state index in [1.165, 1.54) is 11.1 Å². The van der Waals surface area contributed by atoms with Crippen molar-refractivity contribution in [1.82, 2.24) is 9.88 Å². The monoisotopic (exact) mass is 286 g/mol. The number of aromatic nitrogens is 1. The second-order valence-corrected chi connectivity index (χ2v) is 4.16. The largest absolute Gasteiger partial charge is 0.384 e. The van der Waals surface area contributed by atoms with Gasteiger partial charge in [0.25, 0.3) is 0 Å². The SMILES string of the molecule is CN(C)C(=O)CCCC(=O)Nc1ccc(N)nc1.Cl. The van der Waals surface area contributed by atoms with Crippen molar-refractivity contribution in [1.29, 1.82) is 0 Å². The molecule has 0 fully saturated rings. The van der Waals surface area contributed by atoms with Crippen LogP contribution in [0.25, 0.3) is 0 Å². The van der Waals surface area contributed by atoms with Gasteiger partial charge in [0, 0.05) is 26.9 Å². The molecule has 1 aromatic rings. The number of pyridine rings is 1. The lowest BCUT2D eigenvalue weighted by Gasteiger charge is -2.09. The number of carbonyl (C=O) groups excluding carboxylic acids is 2. The van der Waals surface area contributed by atoms with Gasteiger partial charge < -0.3 is 16.0 Å². The maximum Gasteiger partial charge on any atom is 0.224 e. The Labute approximate surface area is 118 Å². The molecule has 6 nitrogen and oxygen atoms in total. The molecule has 1 heterocycles. The first-order chi connectivity index (χ1) is 8.49. The lowest BCUT2D eigenvalue weighted by molar-refractivity contribution is -0.128. The van der Waals surface area contributed by atoms with Gasteiger partial charge in [0.1, 0.15) is 5.82 Å². The van der Waals surface area contributed by atoms with Crippen LogP contribution >= 0.6 is 12.4 Å². The Bertz CT molecular complexity index is 420. The summed E-state index contributed by atoms with van der Waals surface area (Å²) in [5, 5.41) is 2.69. The zero-order chi connectivity index (χ0) is 13.5. The van der Waals surface area contributed by atoms with Crippen LogP contribution in [-0.2, 0) is 9.59 Å². The number of nitrogens with two attached hydrogens (primary N) is 1. The smallest absolute Gasteiger partial charge is 0.224 e. The van der Waals surface area contributed by atoms with Crippen LogP contribution in [0.2, 0.25) is 0 Å². The fraction of sp³-hybridized carbons (Fsp3) is 0.417. The lowest BCUT2D eigenvalue weighted by Crippen LogP contribution is -2.21. The first kappa shape index (κ1) is 17.2. The summed E-state index contributed by atoms with van der Waals surface area (Å²) in [6, 6.07) is 3.30. The van der Waals surface area contributed by atoms with Crippen molar-refractivity contribution in [3.8, 4) is 0 Å². The minimum Gasteiger partial charge on any atom is -0.384 e. The Kier molecular flexibility index (Phi) is 7.52. The summed E-state index contributed by atoms with van der Waals surface area (Å²) in [6.07, 6.45) is 2.72. The van der Waals surface area contributed by atoms with Crippen LogP contribution in [0.1, 0.15) is 19.3 Å². The van der Waals surface area contributed by atoms with E-state index in [9.17, 15) is 9.59 Å². The van der Waals surface area contributed by atoms with Crippen LogP contribution in [0.3, 0.4) is 0 Å². The van der Waals surface area contributed by atoms with Crippen LogP contribution in [0.5, 0.6) is 0 Å². The number of nitrogens with zero attached hydrogens (tertiary/aromatic N) is 2. The summed E-state index contributed by atoms with van der Waals surface area (Å²) >= 11 is 0. The number of carbonyl (C=O) groups is 2. The summed E-state index contributed by atoms with van der Waals surface area (Å²) in [7, 11) is 3.39. The summed E-state index contributed by atoms with van der Waals surface area (Å²) in [6.45, 7) is 0. The average Bonchev–Trinajstić information content (AvgIpc) is 2.32. The van der Waals surface area contributed by atoms with Crippen LogP contribution < -0.4 is 11.1 Å². The number of rotatable bonds is 5. The fourth-order valence-electron chi connectivity index (χ4n) is 1.33. The van der Waals surface area contributed by atoms with Gasteiger partial charge in [0.05, 0.1) is 11.9 Å². The van der Waals surface area contributed by atoms with E-state index in [-0.39, 0.29) is 24.2 Å². The normalized spacial score (nSPS) is 9.37. The van der Waals surface area contributed by atoms with E-state index >= 15 is 0 Å². The molecular formula is C12H19ClN4O2. The van der Waals surface area contributed by atoms with E-state index in [0.717, 1.165) is 0 Å². The summed E-state index contributed by atoms with van der Waals surface area (Å²) in [5.74, 6) is 0.301. The Balaban J connectivity index is 0.00000324. The molecule has 0 atom stereocenters. The molecule has 0 saturated heterocycles. The first-order valence-electron chi connectivity index (χ1n) is 5.70. The van der Waals surface area contributed by atoms with Crippen molar-refractivity contribution in [3.05, 3.63) is 18.3 Å². The van der Waals surface area contributed by atoms with Gasteiger partial charge in [-0.3, -0.25) is 9.59 Å². The van der Waals surface area contributed by atoms with Crippen molar-refractivity contribution in [2.45, 2.75) is 19.3 Å². The van der Waals surface area contributed by atoms with Gasteiger partial charge in [-0.05, 0) is 18.6 Å². The zero-order valence-electron chi connectivity index (χ0n) is 11.0. The van der Waals surface area contributed by atoms with Crippen molar-refractivity contribution in [2.24, 2.45) is 0 Å². The molecule has 1 rings (SSSR count). The van der Waals surface area contributed by atoms with E-state index in [1.54, 1.807) is 26.2 Å². The highest BCUT2D eigenvalue weighted by molar-refractivity contribution is 5.90. The van der Waals surface area contributed by atoms with Crippen LogP contribution in [-0.4, -0.2) is 35.8 Å². The molecule has 0 aliphatic rings. The number of hydrogen-bond acceptors (Lipinski definition) is 4. The molecule has 7 heteroatoms. The molecular weight excluding hydrogens is 268 g/mol. The molecule has 0 unspecified atom stereocenters. The predicted octanol–water partition coefficient (Wildman–Crippen LogP) is 1.28. The van der Waals surface area contributed by atoms with Crippen molar-refractivity contribution in [2.75, 3.05) is 25.1 Å². The Morgan fingerprint density at radius 2 is 2.00 bits per heavy atom. The topological polar surface area (TPSA) is 88.3 Å². The lowest BCUT2D eigenvalue weighted by atomic mass is 10.2. The van der Waals surface area contributed by atoms with Gasteiger partial charge in [-0.15, -0.1) is 12.4 Å². The number of hydrogen-bond donors (Lipinski definition) is 2. The summed E-state index contributed by atoms with van der Waals surface area (Å²) < 4.78 is 0. The van der Waals surface area contributed by atoms with Crippen molar-refractivity contribution in [3.63, 3.8) is 0 Å². The zero-order valence-corrected chi connectivity index (χ0v) is 11.9. The van der Waals surface area contributed by atoms with E-state index in [4.69, 9.17) is 5.73 Å². The third-order valence-corrected chi connectivity index (χ3v) is 2.36. The standard InChI is InChI=1S/C12H18N4O2.ClH/c1-16(2)12(18)5-3-4-11(17)15-9-6-7-10(13)14-8-9;/h6-8H,3-5H2,1-2H3,(H2,13,14)(H,15,17);1H. The van der Waals surface area contributed by atoms with Gasteiger partial charge in [-0.25, -0.2) is 4.98 Å². The highest BCUT2D eigenvalue weighted by Gasteiger charge is 2.07. The number of nitrogen functional groups attached to an aromatic ring is 1. The highest BCUT2D eigenvalue weighted by atomic mass is 35.5. The number of amides is 2. The quantitative estimate of drug-likeness (QED) is 0.853. The molecule has 0 aromatic carbocycles. The Hall–Kier alpha value is -1.82. The van der Waals surface area contributed by atoms with Gasteiger partial charge in [-0.2, -0.15) is 0 Å². The Morgan fingerprint density at radius 3 is 2.53 bits per heavy atom. The maximum absolute atomic E-state index is 11.6. The Morgan fingerprint density at radius 1 is 1.32 bits per heavy atom. The molecule has 2 amide bonds. The first-order valence-corrected chi connectivity index (χ1v) is 5.70. The van der Waals surface area contributed by atoms with Gasteiger partial charge >= 0.3 is 0 Å². The van der Waals surface area contributed by atoms with Crippen molar-refractivity contribution >= 4 is 35.7 Å². The number of anilines is 2. The van der Waals surface area contributed by atoms with Crippen molar-refractivity contribution < 1.29 is 9.59 Å². The van der Waals surface area contributed by atoms with Gasteiger partial charge in [-0.1, -0.05) is 0 Å². The highest BCUT2D eigenvalue weighted by Crippen LogP contribution is 2.08. The van der Waals surface area contributed by atoms with E-state index < -0.39 is 0 Å². The molecule has 3 N–H and O–H groups in total. The third-order valence-electron chi connectivity index (χ3n) is 2.36. The second kappa shape index (κ2) is 8.31. The molecule has 0 bridgehead atoms. The van der Waals surface area contributed by atoms with E-state index in [1.807, 2.05) is 0 Å². The molecule has 0 saturated carbocycles. The van der Waals surface area contributed by atoms with Gasteiger partial charge in [0.15, 0.2) is 0 Å². The fourth-order valence-corrected chi connectivity index (χ4v) is 1.33. The third kappa shape index (κ3) is 6.61. The average molecular weight is 287 g/mol. The molecule has 0 radical (unpaired) electrons. The molecule has 0 spiro atoms. The van der Waals surface area contributed by atoms with Crippen LogP contribution in [0.15, 0.2) is 18.3 Å². The van der Waals surface area contributed by atoms with Gasteiger partial charge in [0.2, 0.25) is 11.8 Å². The molecule has 106 valence electrons. The van der Waals surface area contributed by atoms with E-state index in [0.29, 0.717) is 30.8 Å². The number of halogens is 1. The maximum atomic E-state index is 11.6. The second-order valence-electron chi connectivity index (χ2n) is 4.16. The minimum atomic E-state index is -0.131.